The van der Waals surface area contributed by atoms with Crippen LogP contribution in [0.3, 0.4) is 0 Å². The zero-order valence-electron chi connectivity index (χ0n) is 13.1. The van der Waals surface area contributed by atoms with Gasteiger partial charge in [-0.3, -0.25) is 9.59 Å². The zero-order valence-corrected chi connectivity index (χ0v) is 13.1. The van der Waals surface area contributed by atoms with E-state index in [1.54, 1.807) is 4.90 Å². The quantitative estimate of drug-likeness (QED) is 0.870. The Labute approximate surface area is 131 Å². The molecule has 0 saturated carbocycles. The molecule has 0 radical (unpaired) electrons. The Kier molecular flexibility index (Phi) is 5.81. The predicted molar refractivity (Wildman–Crippen MR) is 84.4 cm³/mol. The zero-order chi connectivity index (χ0) is 15.9. The van der Waals surface area contributed by atoms with Crippen molar-refractivity contribution in [2.75, 3.05) is 19.7 Å². The average molecular weight is 304 g/mol. The second kappa shape index (κ2) is 7.82. The van der Waals surface area contributed by atoms with Crippen LogP contribution in [0.15, 0.2) is 24.3 Å². The summed E-state index contributed by atoms with van der Waals surface area (Å²) in [5, 5.41) is 0. The fourth-order valence-electron chi connectivity index (χ4n) is 2.65. The summed E-state index contributed by atoms with van der Waals surface area (Å²) in [6.07, 6.45) is 2.69. The summed E-state index contributed by atoms with van der Waals surface area (Å²) in [5.74, 6) is 0.522. The van der Waals surface area contributed by atoms with Crippen molar-refractivity contribution in [2.45, 2.75) is 32.6 Å². The number of nitrogens with zero attached hydrogens (tertiary/aromatic N) is 1. The van der Waals surface area contributed by atoms with Gasteiger partial charge in [0.1, 0.15) is 5.75 Å². The van der Waals surface area contributed by atoms with Crippen LogP contribution in [0, 0.1) is 5.92 Å². The van der Waals surface area contributed by atoms with E-state index in [0.29, 0.717) is 39.0 Å². The molecular formula is C17H24N2O3. The van der Waals surface area contributed by atoms with Gasteiger partial charge >= 0.3 is 0 Å². The number of piperidine rings is 1. The maximum absolute atomic E-state index is 12.1. The van der Waals surface area contributed by atoms with E-state index in [-0.39, 0.29) is 17.7 Å². The van der Waals surface area contributed by atoms with Crippen LogP contribution >= 0.6 is 0 Å². The Bertz CT molecular complexity index is 505. The first-order chi connectivity index (χ1) is 10.6. The monoisotopic (exact) mass is 304 g/mol. The van der Waals surface area contributed by atoms with E-state index >= 15 is 0 Å². The molecule has 120 valence electrons. The lowest BCUT2D eigenvalue weighted by Gasteiger charge is -2.30. The predicted octanol–water partition coefficient (Wildman–Crippen LogP) is 1.74. The first-order valence-corrected chi connectivity index (χ1v) is 7.89. The number of rotatable bonds is 6. The van der Waals surface area contributed by atoms with E-state index in [1.807, 2.05) is 24.3 Å². The van der Waals surface area contributed by atoms with Gasteiger partial charge in [-0.1, -0.05) is 19.1 Å². The minimum atomic E-state index is -0.258. The van der Waals surface area contributed by atoms with Crippen molar-refractivity contribution in [2.24, 2.45) is 11.7 Å². The molecule has 0 aromatic heterocycles. The molecule has 1 aliphatic rings. The van der Waals surface area contributed by atoms with Gasteiger partial charge in [-0.2, -0.15) is 0 Å². The second-order valence-corrected chi connectivity index (χ2v) is 5.65. The Morgan fingerprint density at radius 3 is 2.41 bits per heavy atom. The van der Waals surface area contributed by atoms with Gasteiger partial charge in [-0.05, 0) is 37.0 Å². The van der Waals surface area contributed by atoms with E-state index < -0.39 is 0 Å². The molecule has 1 saturated heterocycles. The largest absolute Gasteiger partial charge is 0.493 e. The van der Waals surface area contributed by atoms with Crippen molar-refractivity contribution in [1.82, 2.24) is 4.90 Å². The molecule has 0 spiro atoms. The summed E-state index contributed by atoms with van der Waals surface area (Å²) in [6.45, 7) is 3.70. The van der Waals surface area contributed by atoms with Crippen molar-refractivity contribution in [1.29, 1.82) is 0 Å². The van der Waals surface area contributed by atoms with Gasteiger partial charge < -0.3 is 15.4 Å². The van der Waals surface area contributed by atoms with Crippen LogP contribution in [0.1, 0.15) is 31.7 Å². The molecule has 0 aliphatic carbocycles. The van der Waals surface area contributed by atoms with Gasteiger partial charge in [-0.15, -0.1) is 0 Å². The molecular weight excluding hydrogens is 280 g/mol. The first-order valence-electron chi connectivity index (χ1n) is 7.89. The Morgan fingerprint density at radius 1 is 1.23 bits per heavy atom. The minimum absolute atomic E-state index is 0.0769. The number of benzene rings is 1. The van der Waals surface area contributed by atoms with Crippen LogP contribution in [0.5, 0.6) is 5.75 Å². The fraction of sp³-hybridized carbons (Fsp3) is 0.529. The number of nitrogens with two attached hydrogens (primary N) is 1. The SMILES string of the molecule is CCc1ccc(OCCC(=O)N2CCC(C(N)=O)CC2)cc1. The van der Waals surface area contributed by atoms with Crippen LogP contribution in [0.2, 0.25) is 0 Å². The highest BCUT2D eigenvalue weighted by atomic mass is 16.5. The van der Waals surface area contributed by atoms with Crippen LogP contribution < -0.4 is 10.5 Å². The Morgan fingerprint density at radius 2 is 1.86 bits per heavy atom. The van der Waals surface area contributed by atoms with Crippen LogP contribution in [-0.4, -0.2) is 36.4 Å². The highest BCUT2D eigenvalue weighted by Gasteiger charge is 2.25. The molecule has 1 aromatic carbocycles. The minimum Gasteiger partial charge on any atom is -0.493 e. The highest BCUT2D eigenvalue weighted by molar-refractivity contribution is 5.78. The highest BCUT2D eigenvalue weighted by Crippen LogP contribution is 2.17. The summed E-state index contributed by atoms with van der Waals surface area (Å²) >= 11 is 0. The molecule has 0 unspecified atom stereocenters. The number of likely N-dealkylation sites (tertiary alicyclic amines) is 1. The van der Waals surface area contributed by atoms with Crippen molar-refractivity contribution >= 4 is 11.8 Å². The molecule has 2 amide bonds. The van der Waals surface area contributed by atoms with E-state index in [1.165, 1.54) is 5.56 Å². The molecule has 2 N–H and O–H groups in total. The van der Waals surface area contributed by atoms with Gasteiger partial charge in [0.05, 0.1) is 13.0 Å². The average Bonchev–Trinajstić information content (AvgIpc) is 2.55. The molecule has 1 fully saturated rings. The molecule has 22 heavy (non-hydrogen) atoms. The summed E-state index contributed by atoms with van der Waals surface area (Å²) in [7, 11) is 0. The van der Waals surface area contributed by atoms with E-state index in [2.05, 4.69) is 6.92 Å². The van der Waals surface area contributed by atoms with E-state index in [4.69, 9.17) is 10.5 Å². The number of hydrogen-bond donors (Lipinski definition) is 1. The third kappa shape index (κ3) is 4.48. The first kappa shape index (κ1) is 16.3. The second-order valence-electron chi connectivity index (χ2n) is 5.65. The van der Waals surface area contributed by atoms with E-state index in [9.17, 15) is 9.59 Å². The topological polar surface area (TPSA) is 72.6 Å². The smallest absolute Gasteiger partial charge is 0.225 e. The van der Waals surface area contributed by atoms with Gasteiger partial charge in [0.25, 0.3) is 0 Å². The van der Waals surface area contributed by atoms with Crippen molar-refractivity contribution in [3.63, 3.8) is 0 Å². The lowest BCUT2D eigenvalue weighted by molar-refractivity contribution is -0.135. The number of carbonyl (C=O) groups excluding carboxylic acids is 2. The fourth-order valence-corrected chi connectivity index (χ4v) is 2.65. The maximum Gasteiger partial charge on any atom is 0.225 e. The number of amides is 2. The number of ether oxygens (including phenoxy) is 1. The lowest BCUT2D eigenvalue weighted by Crippen LogP contribution is -2.42. The number of aryl methyl sites for hydroxylation is 1. The van der Waals surface area contributed by atoms with Crippen LogP contribution in [0.25, 0.3) is 0 Å². The molecule has 0 atom stereocenters. The van der Waals surface area contributed by atoms with Gasteiger partial charge in [0.15, 0.2) is 0 Å². The van der Waals surface area contributed by atoms with Crippen LogP contribution in [-0.2, 0) is 16.0 Å². The third-order valence-electron chi connectivity index (χ3n) is 4.17. The molecule has 2 rings (SSSR count). The van der Waals surface area contributed by atoms with Gasteiger partial charge in [0.2, 0.25) is 11.8 Å². The number of carbonyl (C=O) groups is 2. The van der Waals surface area contributed by atoms with Gasteiger partial charge in [0, 0.05) is 19.0 Å². The molecule has 0 bridgehead atoms. The van der Waals surface area contributed by atoms with Crippen molar-refractivity contribution in [3.8, 4) is 5.75 Å². The third-order valence-corrected chi connectivity index (χ3v) is 4.17. The van der Waals surface area contributed by atoms with Gasteiger partial charge in [-0.25, -0.2) is 0 Å². The standard InChI is InChI=1S/C17H24N2O3/c1-2-13-3-5-15(6-4-13)22-12-9-16(20)19-10-7-14(8-11-19)17(18)21/h3-6,14H,2,7-12H2,1H3,(H2,18,21). The normalized spacial score (nSPS) is 15.6. The summed E-state index contributed by atoms with van der Waals surface area (Å²) in [5.41, 5.74) is 6.56. The molecule has 5 nitrogen and oxygen atoms in total. The molecule has 1 aromatic rings. The summed E-state index contributed by atoms with van der Waals surface area (Å²) in [4.78, 5) is 25.0. The lowest BCUT2D eigenvalue weighted by atomic mass is 9.96. The van der Waals surface area contributed by atoms with E-state index in [0.717, 1.165) is 12.2 Å². The summed E-state index contributed by atoms with van der Waals surface area (Å²) < 4.78 is 5.60. The van der Waals surface area contributed by atoms with Crippen LogP contribution in [0.4, 0.5) is 0 Å². The van der Waals surface area contributed by atoms with Crippen molar-refractivity contribution in [3.05, 3.63) is 29.8 Å². The molecule has 5 heteroatoms. The number of primary amides is 1. The number of hydrogen-bond acceptors (Lipinski definition) is 3. The Balaban J connectivity index is 1.70. The Hall–Kier alpha value is -2.04. The molecule has 1 heterocycles. The van der Waals surface area contributed by atoms with Crippen molar-refractivity contribution < 1.29 is 14.3 Å². The summed E-state index contributed by atoms with van der Waals surface area (Å²) in [6, 6.07) is 7.93. The molecule has 1 aliphatic heterocycles. The maximum atomic E-state index is 12.1.